The van der Waals surface area contributed by atoms with Gasteiger partial charge in [-0.25, -0.2) is 0 Å². The highest BCUT2D eigenvalue weighted by Gasteiger charge is 2.39. The highest BCUT2D eigenvalue weighted by atomic mass is 28.4. The normalized spacial score (nSPS) is 11.8. The third kappa shape index (κ3) is 7.22. The van der Waals surface area contributed by atoms with Crippen molar-refractivity contribution in [3.8, 4) is 0 Å². The largest absolute Gasteiger partial charge is 0.500 e. The molecule has 0 aliphatic carbocycles. The molecule has 0 atom stereocenters. The van der Waals surface area contributed by atoms with Gasteiger partial charge in [-0.3, -0.25) is 0 Å². The molecule has 0 aromatic heterocycles. The lowest BCUT2D eigenvalue weighted by Gasteiger charge is -2.28. The number of unbranched alkanes of at least 4 members (excludes halogenated alkanes) is 2. The Hall–Kier alpha value is -0.683. The standard InChI is InChI=1S/C17H30O3Si/c1-4-18-21(19-5-2,20-6-3)16-12-8-11-15-17-13-9-7-10-14-17/h7,9-10,13-14H,4-6,8,11-12,15-16H2,1-3H3. The SMILES string of the molecule is CCO[Si](CCCCCc1ccccc1)(OCC)OCC. The number of rotatable bonds is 12. The van der Waals surface area contributed by atoms with E-state index in [0.29, 0.717) is 19.8 Å². The molecule has 1 aromatic rings. The molecule has 0 saturated heterocycles. The molecule has 120 valence electrons. The van der Waals surface area contributed by atoms with E-state index in [1.54, 1.807) is 0 Å². The van der Waals surface area contributed by atoms with Gasteiger partial charge in [0.15, 0.2) is 0 Å². The molecule has 0 saturated carbocycles. The molecule has 3 nitrogen and oxygen atoms in total. The minimum atomic E-state index is -2.42. The van der Waals surface area contributed by atoms with Crippen LogP contribution in [0, 0.1) is 0 Å². The summed E-state index contributed by atoms with van der Waals surface area (Å²) in [6.45, 7) is 8.02. The molecule has 1 aromatic carbocycles. The van der Waals surface area contributed by atoms with Gasteiger partial charge in [-0.15, -0.1) is 0 Å². The topological polar surface area (TPSA) is 27.7 Å². The number of hydrogen-bond donors (Lipinski definition) is 0. The summed E-state index contributed by atoms with van der Waals surface area (Å²) in [4.78, 5) is 0. The van der Waals surface area contributed by atoms with Crippen LogP contribution >= 0.6 is 0 Å². The van der Waals surface area contributed by atoms with Gasteiger partial charge in [0.2, 0.25) is 0 Å². The van der Waals surface area contributed by atoms with Crippen LogP contribution in [0.5, 0.6) is 0 Å². The lowest BCUT2D eigenvalue weighted by atomic mass is 10.1. The molecule has 0 N–H and O–H groups in total. The molecule has 0 fully saturated rings. The van der Waals surface area contributed by atoms with Gasteiger partial charge < -0.3 is 13.3 Å². The first-order valence-electron chi connectivity index (χ1n) is 8.22. The first kappa shape index (κ1) is 18.4. The second-order valence-corrected chi connectivity index (χ2v) is 7.76. The Bertz CT molecular complexity index is 339. The van der Waals surface area contributed by atoms with E-state index in [0.717, 1.165) is 18.9 Å². The van der Waals surface area contributed by atoms with Crippen molar-refractivity contribution in [2.75, 3.05) is 19.8 Å². The van der Waals surface area contributed by atoms with Crippen molar-refractivity contribution < 1.29 is 13.3 Å². The zero-order valence-corrected chi connectivity index (χ0v) is 14.8. The lowest BCUT2D eigenvalue weighted by Crippen LogP contribution is -2.45. The summed E-state index contributed by atoms with van der Waals surface area (Å²) in [7, 11) is -2.42. The van der Waals surface area contributed by atoms with E-state index >= 15 is 0 Å². The van der Waals surface area contributed by atoms with Crippen LogP contribution < -0.4 is 0 Å². The van der Waals surface area contributed by atoms with Crippen molar-refractivity contribution in [3.05, 3.63) is 35.9 Å². The van der Waals surface area contributed by atoms with Crippen molar-refractivity contribution in [2.24, 2.45) is 0 Å². The summed E-state index contributed by atoms with van der Waals surface area (Å²) in [6.07, 6.45) is 4.65. The van der Waals surface area contributed by atoms with Crippen LogP contribution in [0.1, 0.15) is 45.6 Å². The fourth-order valence-electron chi connectivity index (χ4n) is 2.49. The van der Waals surface area contributed by atoms with Crippen LogP contribution in [0.15, 0.2) is 30.3 Å². The van der Waals surface area contributed by atoms with Crippen molar-refractivity contribution in [1.82, 2.24) is 0 Å². The molecule has 0 amide bonds. The smallest absolute Gasteiger partial charge is 0.374 e. The van der Waals surface area contributed by atoms with Gasteiger partial charge in [-0.1, -0.05) is 36.8 Å². The van der Waals surface area contributed by atoms with E-state index in [4.69, 9.17) is 13.3 Å². The highest BCUT2D eigenvalue weighted by Crippen LogP contribution is 2.20. The molecule has 0 unspecified atom stereocenters. The van der Waals surface area contributed by atoms with E-state index in [2.05, 4.69) is 30.3 Å². The summed E-state index contributed by atoms with van der Waals surface area (Å²) in [5.74, 6) is 0. The van der Waals surface area contributed by atoms with Gasteiger partial charge in [0, 0.05) is 25.9 Å². The van der Waals surface area contributed by atoms with Crippen LogP contribution in [0.4, 0.5) is 0 Å². The Morgan fingerprint density at radius 3 is 1.86 bits per heavy atom. The zero-order chi connectivity index (χ0) is 15.4. The van der Waals surface area contributed by atoms with Gasteiger partial charge >= 0.3 is 8.80 Å². The van der Waals surface area contributed by atoms with E-state index < -0.39 is 8.80 Å². The molecule has 1 rings (SSSR count). The second kappa shape index (κ2) is 11.0. The van der Waals surface area contributed by atoms with Crippen LogP contribution in [0.3, 0.4) is 0 Å². The fraction of sp³-hybridized carbons (Fsp3) is 0.647. The Kier molecular flexibility index (Phi) is 9.59. The van der Waals surface area contributed by atoms with E-state index in [-0.39, 0.29) is 0 Å². The van der Waals surface area contributed by atoms with Crippen LogP contribution in [-0.4, -0.2) is 28.6 Å². The summed E-state index contributed by atoms with van der Waals surface area (Å²) in [6, 6.07) is 11.6. The van der Waals surface area contributed by atoms with E-state index in [9.17, 15) is 0 Å². The molecule has 0 aliphatic heterocycles. The molecular formula is C17H30O3Si. The van der Waals surface area contributed by atoms with Crippen molar-refractivity contribution in [2.45, 2.75) is 52.5 Å². The maximum atomic E-state index is 5.87. The molecule has 0 aliphatic rings. The highest BCUT2D eigenvalue weighted by molar-refractivity contribution is 6.60. The van der Waals surface area contributed by atoms with Crippen LogP contribution in [0.2, 0.25) is 6.04 Å². The quantitative estimate of drug-likeness (QED) is 0.422. The molecule has 4 heteroatoms. The molecule has 21 heavy (non-hydrogen) atoms. The average Bonchev–Trinajstić information content (AvgIpc) is 2.49. The first-order valence-corrected chi connectivity index (χ1v) is 10.1. The van der Waals surface area contributed by atoms with Crippen molar-refractivity contribution >= 4 is 8.80 Å². The van der Waals surface area contributed by atoms with Crippen molar-refractivity contribution in [1.29, 1.82) is 0 Å². The molecule has 0 spiro atoms. The second-order valence-electron chi connectivity index (χ2n) is 5.03. The van der Waals surface area contributed by atoms with Gasteiger partial charge in [0.25, 0.3) is 0 Å². The Morgan fingerprint density at radius 1 is 0.762 bits per heavy atom. The zero-order valence-electron chi connectivity index (χ0n) is 13.8. The summed E-state index contributed by atoms with van der Waals surface area (Å²) in [5.41, 5.74) is 1.42. The maximum absolute atomic E-state index is 5.87. The minimum absolute atomic E-state index is 0.663. The van der Waals surface area contributed by atoms with Crippen LogP contribution in [0.25, 0.3) is 0 Å². The third-order valence-corrected chi connectivity index (χ3v) is 6.54. The van der Waals surface area contributed by atoms with E-state index in [1.165, 1.54) is 18.4 Å². The molecule has 0 bridgehead atoms. The maximum Gasteiger partial charge on any atom is 0.500 e. The average molecular weight is 311 g/mol. The van der Waals surface area contributed by atoms with Gasteiger partial charge in [-0.05, 0) is 45.6 Å². The van der Waals surface area contributed by atoms with E-state index in [1.807, 2.05) is 20.8 Å². The number of aryl methyl sites for hydroxylation is 1. The third-order valence-electron chi connectivity index (χ3n) is 3.38. The molecule has 0 heterocycles. The predicted molar refractivity (Wildman–Crippen MR) is 89.4 cm³/mol. The lowest BCUT2D eigenvalue weighted by molar-refractivity contribution is 0.0706. The molecule has 0 radical (unpaired) electrons. The molecular weight excluding hydrogens is 280 g/mol. The summed E-state index contributed by atoms with van der Waals surface area (Å²) in [5, 5.41) is 0. The predicted octanol–water partition coefficient (Wildman–Crippen LogP) is 4.45. The summed E-state index contributed by atoms with van der Waals surface area (Å²) >= 11 is 0. The Balaban J connectivity index is 2.31. The monoisotopic (exact) mass is 310 g/mol. The van der Waals surface area contributed by atoms with Gasteiger partial charge in [0.1, 0.15) is 0 Å². The Labute approximate surface area is 131 Å². The summed E-state index contributed by atoms with van der Waals surface area (Å²) < 4.78 is 17.6. The van der Waals surface area contributed by atoms with Crippen LogP contribution in [-0.2, 0) is 19.7 Å². The first-order chi connectivity index (χ1) is 10.3. The Morgan fingerprint density at radius 2 is 1.33 bits per heavy atom. The number of hydrogen-bond acceptors (Lipinski definition) is 3. The fourth-order valence-corrected chi connectivity index (χ4v) is 5.18. The number of benzene rings is 1. The van der Waals surface area contributed by atoms with Gasteiger partial charge in [-0.2, -0.15) is 0 Å². The minimum Gasteiger partial charge on any atom is -0.374 e. The van der Waals surface area contributed by atoms with Gasteiger partial charge in [0.05, 0.1) is 0 Å². The van der Waals surface area contributed by atoms with Crippen molar-refractivity contribution in [3.63, 3.8) is 0 Å².